The zero-order valence-corrected chi connectivity index (χ0v) is 23.5. The minimum absolute atomic E-state index is 0.000452. The van der Waals surface area contributed by atoms with Gasteiger partial charge in [-0.1, -0.05) is 59.8 Å². The molecule has 4 nitrogen and oxygen atoms in total. The normalized spacial score (nSPS) is 45.5. The number of allylic oxidation sites excluding steroid dienone is 2. The van der Waals surface area contributed by atoms with Crippen molar-refractivity contribution in [1.29, 1.82) is 0 Å². The molecule has 0 N–H and O–H groups in total. The number of esters is 1. The average molecular weight is 507 g/mol. The van der Waals surface area contributed by atoms with Crippen LogP contribution in [0.5, 0.6) is 0 Å². The molecule has 4 aliphatic carbocycles. The van der Waals surface area contributed by atoms with E-state index in [2.05, 4.69) is 52.0 Å². The molecule has 6 aliphatic rings. The first kappa shape index (κ1) is 27.2. The van der Waals surface area contributed by atoms with Gasteiger partial charge < -0.3 is 4.74 Å². The van der Waals surface area contributed by atoms with Crippen LogP contribution in [-0.4, -0.2) is 29.2 Å². The van der Waals surface area contributed by atoms with E-state index in [0.29, 0.717) is 24.2 Å². The Morgan fingerprint density at radius 3 is 2.49 bits per heavy atom. The van der Waals surface area contributed by atoms with Gasteiger partial charge in [0.15, 0.2) is 0 Å². The molecule has 3 saturated carbocycles. The van der Waals surface area contributed by atoms with Crippen molar-refractivity contribution in [1.82, 2.24) is 0 Å². The fraction of sp³-hybridized carbons (Fsp3) is 0.833. The van der Waals surface area contributed by atoms with Crippen molar-refractivity contribution in [3.8, 4) is 0 Å². The van der Waals surface area contributed by atoms with E-state index in [4.69, 9.17) is 26.1 Å². The van der Waals surface area contributed by atoms with Crippen LogP contribution in [0.4, 0.5) is 0 Å². The second-order valence-electron chi connectivity index (χ2n) is 12.4. The summed E-state index contributed by atoms with van der Waals surface area (Å²) >= 11 is 5.68. The first-order valence-corrected chi connectivity index (χ1v) is 14.7. The third kappa shape index (κ3) is 4.24. The minimum Gasteiger partial charge on any atom is -0.461 e. The van der Waals surface area contributed by atoms with Gasteiger partial charge in [-0.3, -0.25) is 4.79 Å². The van der Waals surface area contributed by atoms with Crippen molar-refractivity contribution in [2.45, 2.75) is 117 Å². The molecule has 8 atom stereocenters. The maximum atomic E-state index is 11.8. The molecule has 1 saturated heterocycles. The van der Waals surface area contributed by atoms with Crippen molar-refractivity contribution < 1.29 is 19.3 Å². The third-order valence-electron chi connectivity index (χ3n) is 10.4. The number of halogens is 1. The van der Waals surface area contributed by atoms with E-state index in [1.807, 2.05) is 13.8 Å². The van der Waals surface area contributed by atoms with E-state index >= 15 is 0 Å². The first-order valence-electron chi connectivity index (χ1n) is 14.2. The van der Waals surface area contributed by atoms with Gasteiger partial charge in [-0.15, -0.1) is 11.6 Å². The Morgan fingerprint density at radius 2 is 1.83 bits per heavy atom. The highest BCUT2D eigenvalue weighted by atomic mass is 35.5. The van der Waals surface area contributed by atoms with E-state index in [1.165, 1.54) is 38.5 Å². The van der Waals surface area contributed by atoms with Crippen molar-refractivity contribution in [2.24, 2.45) is 34.5 Å². The average Bonchev–Trinajstić information content (AvgIpc) is 3.19. The summed E-state index contributed by atoms with van der Waals surface area (Å²) in [6.07, 6.45) is 19.1. The van der Waals surface area contributed by atoms with E-state index in [9.17, 15) is 4.79 Å². The summed E-state index contributed by atoms with van der Waals surface area (Å²) in [4.78, 5) is 24.7. The highest BCUT2D eigenvalue weighted by Crippen LogP contribution is 2.72. The summed E-state index contributed by atoms with van der Waals surface area (Å²) in [5.74, 6) is 1.92. The number of fused-ring (bicyclic) bond motifs is 2. The van der Waals surface area contributed by atoms with Gasteiger partial charge in [-0.05, 0) is 74.7 Å². The summed E-state index contributed by atoms with van der Waals surface area (Å²) < 4.78 is 5.63. The molecule has 5 heteroatoms. The molecule has 2 heterocycles. The third-order valence-corrected chi connectivity index (χ3v) is 10.6. The lowest BCUT2D eigenvalue weighted by Gasteiger charge is -2.69. The Morgan fingerprint density at radius 1 is 1.06 bits per heavy atom. The second kappa shape index (κ2) is 10.1. The van der Waals surface area contributed by atoms with Crippen LogP contribution in [0.3, 0.4) is 0 Å². The SMILES string of the molecule is CC.CC(C)C/C=C/CC1CCC2C1(C)CCC1C3(C)CCC(OC(=O)CCl)C[C@]34C=C[C@]21OO4. The molecular weight excluding hydrogens is 460 g/mol. The van der Waals surface area contributed by atoms with E-state index in [0.717, 1.165) is 18.8 Å². The lowest BCUT2D eigenvalue weighted by atomic mass is 9.43. The molecule has 6 unspecified atom stereocenters. The van der Waals surface area contributed by atoms with Crippen molar-refractivity contribution in [3.63, 3.8) is 0 Å². The van der Waals surface area contributed by atoms with Crippen molar-refractivity contribution >= 4 is 17.6 Å². The smallest absolute Gasteiger partial charge is 0.321 e. The summed E-state index contributed by atoms with van der Waals surface area (Å²) in [5, 5.41) is 0. The number of alkyl halides is 1. The van der Waals surface area contributed by atoms with Gasteiger partial charge in [0, 0.05) is 23.7 Å². The monoisotopic (exact) mass is 506 g/mol. The Kier molecular flexibility index (Phi) is 7.88. The second-order valence-corrected chi connectivity index (χ2v) is 12.7. The number of hydrogen-bond donors (Lipinski definition) is 0. The van der Waals surface area contributed by atoms with Gasteiger partial charge in [-0.25, -0.2) is 9.78 Å². The van der Waals surface area contributed by atoms with Crippen LogP contribution in [0.15, 0.2) is 24.3 Å². The molecule has 6 rings (SSSR count). The number of carbonyl (C=O) groups is 1. The molecule has 4 fully saturated rings. The molecule has 35 heavy (non-hydrogen) atoms. The predicted octanol–water partition coefficient (Wildman–Crippen LogP) is 7.80. The van der Waals surface area contributed by atoms with Gasteiger partial charge in [0.05, 0.1) is 0 Å². The molecule has 2 bridgehead atoms. The summed E-state index contributed by atoms with van der Waals surface area (Å²) in [7, 11) is 0. The van der Waals surface area contributed by atoms with Crippen LogP contribution in [0.25, 0.3) is 0 Å². The molecule has 2 spiro atoms. The summed E-state index contributed by atoms with van der Waals surface area (Å²) in [6.45, 7) is 13.5. The molecular formula is C30H47ClO4. The van der Waals surface area contributed by atoms with Gasteiger partial charge in [0.1, 0.15) is 23.2 Å². The lowest BCUT2D eigenvalue weighted by molar-refractivity contribution is -0.497. The Labute approximate surface area is 218 Å². The number of rotatable bonds is 6. The van der Waals surface area contributed by atoms with Crippen LogP contribution in [-0.2, 0) is 19.3 Å². The van der Waals surface area contributed by atoms with Crippen LogP contribution in [0.2, 0.25) is 0 Å². The number of ether oxygens (including phenoxy) is 1. The van der Waals surface area contributed by atoms with Crippen LogP contribution < -0.4 is 0 Å². The topological polar surface area (TPSA) is 44.8 Å². The van der Waals surface area contributed by atoms with Crippen molar-refractivity contribution in [2.75, 3.05) is 5.88 Å². The fourth-order valence-electron chi connectivity index (χ4n) is 8.52. The first-order chi connectivity index (χ1) is 16.7. The quantitative estimate of drug-likeness (QED) is 0.159. The Balaban J connectivity index is 0.00000141. The highest BCUT2D eigenvalue weighted by Gasteiger charge is 2.74. The van der Waals surface area contributed by atoms with Crippen LogP contribution >= 0.6 is 11.6 Å². The van der Waals surface area contributed by atoms with Crippen LogP contribution in [0, 0.1) is 34.5 Å². The Hall–Kier alpha value is -0.840. The largest absolute Gasteiger partial charge is 0.461 e. The van der Waals surface area contributed by atoms with Gasteiger partial charge in [0.25, 0.3) is 0 Å². The molecule has 0 aromatic heterocycles. The van der Waals surface area contributed by atoms with Crippen molar-refractivity contribution in [3.05, 3.63) is 24.3 Å². The number of hydrogen-bond acceptors (Lipinski definition) is 4. The van der Waals surface area contributed by atoms with E-state index in [-0.39, 0.29) is 34.4 Å². The van der Waals surface area contributed by atoms with E-state index in [1.54, 1.807) is 0 Å². The molecule has 0 aromatic carbocycles. The fourth-order valence-corrected chi connectivity index (χ4v) is 8.59. The standard InChI is InChI=1S/C28H41ClO4.C2H6/c1-19(2)7-5-6-8-20-9-10-22-25(20,3)13-12-23-26(4)14-11-21(31-24(30)18-29)17-27(26)15-16-28(22,23)33-32-27;1-2/h5-6,15-16,19-23H,7-14,17-18H2,1-4H3;1-2H3/b6-5+;/t20?,21?,22?,23?,25?,26?,27-,28+;/m1./s1. The zero-order valence-electron chi connectivity index (χ0n) is 22.8. The summed E-state index contributed by atoms with van der Waals surface area (Å²) in [6, 6.07) is 0. The summed E-state index contributed by atoms with van der Waals surface area (Å²) in [5.41, 5.74) is -0.548. The van der Waals surface area contributed by atoms with E-state index < -0.39 is 5.60 Å². The Bertz CT molecular complexity index is 838. The molecule has 0 aromatic rings. The maximum Gasteiger partial charge on any atom is 0.321 e. The highest BCUT2D eigenvalue weighted by molar-refractivity contribution is 6.26. The molecule has 198 valence electrons. The maximum absolute atomic E-state index is 11.8. The molecule has 2 aliphatic heterocycles. The lowest BCUT2D eigenvalue weighted by Crippen LogP contribution is -2.73. The molecule has 0 radical (unpaired) electrons. The zero-order chi connectivity index (χ0) is 25.5. The van der Waals surface area contributed by atoms with Gasteiger partial charge in [-0.2, -0.15) is 0 Å². The minimum atomic E-state index is -0.514. The number of carbonyl (C=O) groups excluding carboxylic acids is 1. The van der Waals surface area contributed by atoms with Gasteiger partial charge >= 0.3 is 5.97 Å². The van der Waals surface area contributed by atoms with Gasteiger partial charge in [0.2, 0.25) is 0 Å². The molecule has 0 amide bonds. The predicted molar refractivity (Wildman–Crippen MR) is 141 cm³/mol. The van der Waals surface area contributed by atoms with Crippen LogP contribution in [0.1, 0.15) is 99.3 Å².